The molecule has 40 heavy (non-hydrogen) atoms. The van der Waals surface area contributed by atoms with Crippen LogP contribution in [-0.4, -0.2) is 59.4 Å². The molecule has 0 radical (unpaired) electrons. The molecule has 0 aliphatic heterocycles. The molecule has 0 N–H and O–H groups in total. The van der Waals surface area contributed by atoms with Crippen LogP contribution in [-0.2, 0) is 28.8 Å². The van der Waals surface area contributed by atoms with Gasteiger partial charge in [-0.2, -0.15) is 34.4 Å². The number of hydrogen-bond donors (Lipinski definition) is 0. The number of benzene rings is 2. The van der Waals surface area contributed by atoms with Gasteiger partial charge in [0.25, 0.3) is 5.97 Å². The normalized spacial score (nSPS) is 13.2. The van der Waals surface area contributed by atoms with Crippen LogP contribution in [0.1, 0.15) is 44.2 Å². The summed E-state index contributed by atoms with van der Waals surface area (Å²) < 4.78 is 119. The molecule has 0 spiro atoms. The highest BCUT2D eigenvalue weighted by Gasteiger charge is 2.38. The summed E-state index contributed by atoms with van der Waals surface area (Å²) in [6.45, 7) is 3.50. The molecule has 2 aromatic carbocycles. The van der Waals surface area contributed by atoms with E-state index in [1.165, 1.54) is 43.3 Å². The number of ether oxygens (including phenoxy) is 2. The van der Waals surface area contributed by atoms with Crippen LogP contribution in [0.25, 0.3) is 0 Å². The van der Waals surface area contributed by atoms with Crippen molar-refractivity contribution in [3.63, 3.8) is 0 Å². The molecular formula is C24H28F4N2O8S2. The summed E-state index contributed by atoms with van der Waals surface area (Å²) >= 11 is 0. The van der Waals surface area contributed by atoms with E-state index < -0.39 is 49.4 Å². The Morgan fingerprint density at radius 1 is 0.725 bits per heavy atom. The van der Waals surface area contributed by atoms with Crippen LogP contribution < -0.4 is 9.47 Å². The predicted molar refractivity (Wildman–Crippen MR) is 139 cm³/mol. The maximum absolute atomic E-state index is 14.0. The monoisotopic (exact) mass is 612 g/mol. The highest BCUT2D eigenvalue weighted by molar-refractivity contribution is 7.86. The summed E-state index contributed by atoms with van der Waals surface area (Å²) in [4.78, 5) is 0. The molecule has 0 bridgehead atoms. The molecular weight excluding hydrogens is 584 g/mol. The number of hydrogen-bond acceptors (Lipinski definition) is 10. The zero-order chi connectivity index (χ0) is 29.8. The molecule has 0 amide bonds. The second-order valence-corrected chi connectivity index (χ2v) is 11.4. The van der Waals surface area contributed by atoms with Crippen molar-refractivity contribution in [2.24, 2.45) is 10.3 Å². The zero-order valence-corrected chi connectivity index (χ0v) is 23.2. The Labute approximate surface area is 229 Å². The van der Waals surface area contributed by atoms with Gasteiger partial charge < -0.3 is 9.47 Å². The summed E-state index contributed by atoms with van der Waals surface area (Å²) in [6, 6.07) is 10.2. The average Bonchev–Trinajstić information content (AvgIpc) is 2.87. The standard InChI is InChI=1S/C24H28F4N2O8S2/c1-3-16-39(31,32)37-29-22(24(26,27)28)18-6-10-20(11-7-18)35-14-5-15-36-21-12-8-19(9-13-21)23(25)30-38-40(33,34)17-4-2/h6-13H,3-5,14-17H2,1-2H3. The van der Waals surface area contributed by atoms with Crippen LogP contribution in [0, 0.1) is 0 Å². The van der Waals surface area contributed by atoms with Gasteiger partial charge in [-0.05, 0) is 66.5 Å². The van der Waals surface area contributed by atoms with E-state index in [1.807, 2.05) is 0 Å². The Bertz CT molecular complexity index is 1360. The summed E-state index contributed by atoms with van der Waals surface area (Å²) in [6.07, 6.45) is -4.11. The van der Waals surface area contributed by atoms with Gasteiger partial charge in [0.1, 0.15) is 11.5 Å². The number of nitrogens with zero attached hydrogens (tertiary/aromatic N) is 2. The molecule has 10 nitrogen and oxygen atoms in total. The van der Waals surface area contributed by atoms with Crippen molar-refractivity contribution in [3.05, 3.63) is 59.7 Å². The van der Waals surface area contributed by atoms with Gasteiger partial charge in [-0.3, -0.25) is 8.57 Å². The van der Waals surface area contributed by atoms with E-state index in [2.05, 4.69) is 18.9 Å². The second kappa shape index (κ2) is 14.8. The van der Waals surface area contributed by atoms with Crippen molar-refractivity contribution in [2.75, 3.05) is 24.7 Å². The van der Waals surface area contributed by atoms with Gasteiger partial charge in [-0.15, -0.1) is 0 Å². The van der Waals surface area contributed by atoms with Gasteiger partial charge in [-0.1, -0.05) is 19.0 Å². The highest BCUT2D eigenvalue weighted by atomic mass is 32.2. The predicted octanol–water partition coefficient (Wildman–Crippen LogP) is 4.94. The lowest BCUT2D eigenvalue weighted by atomic mass is 10.1. The van der Waals surface area contributed by atoms with Crippen LogP contribution in [0.3, 0.4) is 0 Å². The van der Waals surface area contributed by atoms with Crippen LogP contribution >= 0.6 is 0 Å². The summed E-state index contributed by atoms with van der Waals surface area (Å²) in [7, 11) is -8.17. The minimum Gasteiger partial charge on any atom is -0.493 e. The Morgan fingerprint density at radius 3 is 1.57 bits per heavy atom. The van der Waals surface area contributed by atoms with Crippen molar-refractivity contribution in [3.8, 4) is 11.5 Å². The lowest BCUT2D eigenvalue weighted by molar-refractivity contribution is -0.0597. The fraction of sp³-hybridized carbons (Fsp3) is 0.417. The smallest absolute Gasteiger partial charge is 0.437 e. The molecule has 0 saturated heterocycles. The van der Waals surface area contributed by atoms with E-state index in [-0.39, 0.29) is 36.7 Å². The molecule has 222 valence electrons. The Balaban J connectivity index is 1.85. The summed E-state index contributed by atoms with van der Waals surface area (Å²) in [5, 5.41) is 5.82. The van der Waals surface area contributed by atoms with E-state index in [0.29, 0.717) is 18.6 Å². The van der Waals surface area contributed by atoms with Gasteiger partial charge in [0.2, 0.25) is 0 Å². The first-order valence-electron chi connectivity index (χ1n) is 11.9. The SMILES string of the molecule is CCCS(=O)(=O)ON=C(F)c1ccc(OCCCOc2ccc(C(=NOS(=O)(=O)CCC)C(F)(F)F)cc2)cc1. The third-order valence-electron chi connectivity index (χ3n) is 4.70. The topological polar surface area (TPSA) is 130 Å². The minimum atomic E-state index is -4.96. The molecule has 0 aliphatic rings. The Kier molecular flexibility index (Phi) is 12.2. The van der Waals surface area contributed by atoms with Crippen molar-refractivity contribution in [1.29, 1.82) is 0 Å². The largest absolute Gasteiger partial charge is 0.493 e. The molecule has 0 fully saturated rings. The molecule has 0 heterocycles. The van der Waals surface area contributed by atoms with Gasteiger partial charge in [0.05, 0.1) is 24.7 Å². The fourth-order valence-corrected chi connectivity index (χ4v) is 4.43. The van der Waals surface area contributed by atoms with Crippen molar-refractivity contribution >= 4 is 31.9 Å². The second-order valence-electron chi connectivity index (χ2n) is 8.09. The van der Waals surface area contributed by atoms with Crippen molar-refractivity contribution < 1.29 is 52.4 Å². The van der Waals surface area contributed by atoms with Crippen molar-refractivity contribution in [2.45, 2.75) is 39.3 Å². The van der Waals surface area contributed by atoms with Crippen LogP contribution in [0.15, 0.2) is 58.8 Å². The Hall–Kier alpha value is -3.40. The first kappa shape index (κ1) is 32.8. The average molecular weight is 613 g/mol. The summed E-state index contributed by atoms with van der Waals surface area (Å²) in [5.74, 6) is -1.23. The maximum atomic E-state index is 14.0. The van der Waals surface area contributed by atoms with Gasteiger partial charge in [0.15, 0.2) is 5.71 Å². The lowest BCUT2D eigenvalue weighted by Gasteiger charge is -2.12. The minimum absolute atomic E-state index is 0.0151. The van der Waals surface area contributed by atoms with Crippen LogP contribution in [0.4, 0.5) is 17.6 Å². The number of alkyl halides is 3. The quantitative estimate of drug-likeness (QED) is 0.113. The third-order valence-corrected chi connectivity index (χ3v) is 7.12. The van der Waals surface area contributed by atoms with E-state index in [0.717, 1.165) is 12.1 Å². The first-order valence-corrected chi connectivity index (χ1v) is 15.1. The Morgan fingerprint density at radius 2 is 1.15 bits per heavy atom. The number of halogens is 4. The molecule has 0 saturated carbocycles. The molecule has 0 aliphatic carbocycles. The van der Waals surface area contributed by atoms with E-state index in [9.17, 15) is 34.4 Å². The van der Waals surface area contributed by atoms with E-state index in [4.69, 9.17) is 9.47 Å². The lowest BCUT2D eigenvalue weighted by Crippen LogP contribution is -2.25. The first-order chi connectivity index (χ1) is 18.8. The fourth-order valence-electron chi connectivity index (χ4n) is 2.92. The van der Waals surface area contributed by atoms with Gasteiger partial charge in [0, 0.05) is 17.5 Å². The molecule has 0 aromatic heterocycles. The van der Waals surface area contributed by atoms with E-state index in [1.54, 1.807) is 6.92 Å². The zero-order valence-electron chi connectivity index (χ0n) is 21.6. The molecule has 0 unspecified atom stereocenters. The van der Waals surface area contributed by atoms with Gasteiger partial charge in [-0.25, -0.2) is 0 Å². The molecule has 0 atom stereocenters. The van der Waals surface area contributed by atoms with Crippen LogP contribution in [0.2, 0.25) is 0 Å². The van der Waals surface area contributed by atoms with Gasteiger partial charge >= 0.3 is 26.4 Å². The number of oxime groups is 2. The maximum Gasteiger partial charge on any atom is 0.437 e. The summed E-state index contributed by atoms with van der Waals surface area (Å²) in [5.41, 5.74) is -1.92. The highest BCUT2D eigenvalue weighted by Crippen LogP contribution is 2.25. The molecule has 2 rings (SSSR count). The van der Waals surface area contributed by atoms with E-state index >= 15 is 0 Å². The number of rotatable bonds is 16. The van der Waals surface area contributed by atoms with Crippen LogP contribution in [0.5, 0.6) is 11.5 Å². The van der Waals surface area contributed by atoms with Crippen molar-refractivity contribution in [1.82, 2.24) is 0 Å². The molecule has 2 aromatic rings. The molecule has 16 heteroatoms. The third kappa shape index (κ3) is 11.4.